The molecule has 0 saturated carbocycles. The first-order valence-corrected chi connectivity index (χ1v) is 11.5. The van der Waals surface area contributed by atoms with Gasteiger partial charge < -0.3 is 0 Å². The lowest BCUT2D eigenvalue weighted by Crippen LogP contribution is -1.92. The molecule has 0 amide bonds. The minimum Gasteiger partial charge on any atom is -0.0584 e. The smallest absolute Gasteiger partial charge is 0.0238 e. The predicted octanol–water partition coefficient (Wildman–Crippen LogP) is 7.91. The molecule has 0 unspecified atom stereocenters. The maximum Gasteiger partial charge on any atom is -0.0238 e. The summed E-state index contributed by atoms with van der Waals surface area (Å²) in [6.07, 6.45) is 13.0. The van der Waals surface area contributed by atoms with Gasteiger partial charge in [-0.05, 0) is 70.2 Å². The van der Waals surface area contributed by atoms with Gasteiger partial charge in [0.25, 0.3) is 0 Å². The summed E-state index contributed by atoms with van der Waals surface area (Å²) in [5.74, 6) is 0. The molecule has 0 radical (unpaired) electrons. The highest BCUT2D eigenvalue weighted by Crippen LogP contribution is 2.16. The van der Waals surface area contributed by atoms with Crippen LogP contribution in [0.3, 0.4) is 0 Å². The first kappa shape index (κ1) is 20.3. The fourth-order valence-electron chi connectivity index (χ4n) is 4.14. The van der Waals surface area contributed by atoms with Crippen LogP contribution in [-0.2, 0) is 25.7 Å². The predicted molar refractivity (Wildman–Crippen MR) is 138 cm³/mol. The largest absolute Gasteiger partial charge is 0.0584 e. The van der Waals surface area contributed by atoms with Crippen molar-refractivity contribution in [3.05, 3.63) is 142 Å². The first-order chi connectivity index (χ1) is 15.8. The van der Waals surface area contributed by atoms with Crippen molar-refractivity contribution in [1.29, 1.82) is 0 Å². The van der Waals surface area contributed by atoms with Gasteiger partial charge in [-0.1, -0.05) is 121 Å². The molecule has 0 nitrogen and oxygen atoms in total. The molecule has 0 aliphatic heterocycles. The standard InChI is InChI=1S/C32H28/c1-2-26-4-3-25(1)17-18-27-5-7-29(8-6-27)21-22-31-13-15-32(16-14-31)24-23-30-11-9-28(10-12-30)20-19-26/h1-18,23-24H,19-22H2/b18-17-,24-23+. The number of benzene rings is 4. The minimum absolute atomic E-state index is 1.06. The molecule has 0 fully saturated rings. The van der Waals surface area contributed by atoms with Gasteiger partial charge in [0.15, 0.2) is 0 Å². The summed E-state index contributed by atoms with van der Waals surface area (Å²) in [7, 11) is 0. The van der Waals surface area contributed by atoms with E-state index in [-0.39, 0.29) is 0 Å². The molecule has 0 aromatic heterocycles. The van der Waals surface area contributed by atoms with Crippen molar-refractivity contribution in [3.8, 4) is 0 Å². The molecule has 4 aromatic carbocycles. The van der Waals surface area contributed by atoms with Gasteiger partial charge in [0.05, 0.1) is 0 Å². The van der Waals surface area contributed by atoms with E-state index in [1.165, 1.54) is 44.5 Å². The Hall–Kier alpha value is -3.64. The Morgan fingerprint density at radius 1 is 0.250 bits per heavy atom. The topological polar surface area (TPSA) is 0 Å². The Morgan fingerprint density at radius 3 is 0.625 bits per heavy atom. The summed E-state index contributed by atoms with van der Waals surface area (Å²) in [4.78, 5) is 0. The van der Waals surface area contributed by atoms with E-state index in [0.29, 0.717) is 0 Å². The van der Waals surface area contributed by atoms with Crippen LogP contribution in [0, 0.1) is 0 Å². The number of aryl methyl sites for hydroxylation is 4. The monoisotopic (exact) mass is 412 g/mol. The zero-order valence-electron chi connectivity index (χ0n) is 18.4. The second-order valence-electron chi connectivity index (χ2n) is 8.63. The van der Waals surface area contributed by atoms with Gasteiger partial charge in [0.2, 0.25) is 0 Å². The number of hydrogen-bond acceptors (Lipinski definition) is 0. The molecule has 156 valence electrons. The van der Waals surface area contributed by atoms with Gasteiger partial charge in [0, 0.05) is 0 Å². The van der Waals surface area contributed by atoms with E-state index in [1.54, 1.807) is 0 Å². The van der Waals surface area contributed by atoms with E-state index in [4.69, 9.17) is 0 Å². The van der Waals surface area contributed by atoms with Crippen molar-refractivity contribution < 1.29 is 0 Å². The second kappa shape index (κ2) is 9.66. The van der Waals surface area contributed by atoms with Crippen molar-refractivity contribution in [1.82, 2.24) is 0 Å². The summed E-state index contributed by atoms with van der Waals surface area (Å²) in [6.45, 7) is 0. The van der Waals surface area contributed by atoms with Crippen molar-refractivity contribution in [2.24, 2.45) is 0 Å². The molecular weight excluding hydrogens is 384 g/mol. The number of rotatable bonds is 0. The Kier molecular flexibility index (Phi) is 6.12. The summed E-state index contributed by atoms with van der Waals surface area (Å²) in [5, 5.41) is 0. The van der Waals surface area contributed by atoms with Crippen molar-refractivity contribution >= 4 is 24.3 Å². The Balaban J connectivity index is 1.41. The van der Waals surface area contributed by atoms with Crippen LogP contribution in [0.25, 0.3) is 24.3 Å². The van der Waals surface area contributed by atoms with Gasteiger partial charge in [-0.2, -0.15) is 0 Å². The van der Waals surface area contributed by atoms with E-state index in [1.807, 2.05) is 0 Å². The van der Waals surface area contributed by atoms with Crippen LogP contribution < -0.4 is 0 Å². The van der Waals surface area contributed by atoms with Crippen molar-refractivity contribution in [3.63, 3.8) is 0 Å². The molecule has 0 heterocycles. The van der Waals surface area contributed by atoms with Gasteiger partial charge >= 0.3 is 0 Å². The lowest BCUT2D eigenvalue weighted by Gasteiger charge is -2.05. The van der Waals surface area contributed by atoms with Gasteiger partial charge in [0.1, 0.15) is 0 Å². The van der Waals surface area contributed by atoms with E-state index >= 15 is 0 Å². The summed E-state index contributed by atoms with van der Waals surface area (Å²) in [6, 6.07) is 35.8. The quantitative estimate of drug-likeness (QED) is 0.275. The summed E-state index contributed by atoms with van der Waals surface area (Å²) in [5.41, 5.74) is 10.5. The molecule has 32 heavy (non-hydrogen) atoms. The molecule has 0 saturated heterocycles. The van der Waals surface area contributed by atoms with Crippen LogP contribution in [0.5, 0.6) is 0 Å². The lowest BCUT2D eigenvalue weighted by molar-refractivity contribution is 0.960. The van der Waals surface area contributed by atoms with Gasteiger partial charge in [-0.25, -0.2) is 0 Å². The molecule has 0 spiro atoms. The molecule has 7 aliphatic carbocycles. The van der Waals surface area contributed by atoms with Crippen LogP contribution in [0.4, 0.5) is 0 Å². The molecule has 4 aromatic rings. The zero-order chi connectivity index (χ0) is 21.6. The van der Waals surface area contributed by atoms with E-state index in [0.717, 1.165) is 25.7 Å². The molecule has 11 rings (SSSR count). The summed E-state index contributed by atoms with van der Waals surface area (Å²) >= 11 is 0. The molecule has 0 atom stereocenters. The maximum atomic E-state index is 2.25. The third-order valence-electron chi connectivity index (χ3n) is 6.26. The van der Waals surface area contributed by atoms with Crippen LogP contribution in [0.1, 0.15) is 44.5 Å². The zero-order valence-corrected chi connectivity index (χ0v) is 18.4. The minimum atomic E-state index is 1.06. The fourth-order valence-corrected chi connectivity index (χ4v) is 4.14. The van der Waals surface area contributed by atoms with Crippen LogP contribution in [0.2, 0.25) is 0 Å². The fraction of sp³-hybridized carbons (Fsp3) is 0.125. The van der Waals surface area contributed by atoms with Gasteiger partial charge in [-0.15, -0.1) is 0 Å². The second-order valence-corrected chi connectivity index (χ2v) is 8.63. The molecule has 0 N–H and O–H groups in total. The molecule has 7 aliphatic rings. The maximum absolute atomic E-state index is 2.25. The van der Waals surface area contributed by atoms with Crippen LogP contribution in [0.15, 0.2) is 97.1 Å². The van der Waals surface area contributed by atoms with Crippen LogP contribution >= 0.6 is 0 Å². The highest BCUT2D eigenvalue weighted by molar-refractivity contribution is 5.70. The Bertz CT molecular complexity index is 1000. The lowest BCUT2D eigenvalue weighted by atomic mass is 10.0. The van der Waals surface area contributed by atoms with E-state index < -0.39 is 0 Å². The molecule has 0 heteroatoms. The Labute approximate surface area is 191 Å². The Morgan fingerprint density at radius 2 is 0.438 bits per heavy atom. The summed E-state index contributed by atoms with van der Waals surface area (Å²) < 4.78 is 0. The third kappa shape index (κ3) is 5.34. The van der Waals surface area contributed by atoms with Gasteiger partial charge in [-0.3, -0.25) is 0 Å². The average Bonchev–Trinajstić information content (AvgIpc) is 2.86. The van der Waals surface area contributed by atoms with E-state index in [2.05, 4.69) is 121 Å². The van der Waals surface area contributed by atoms with Crippen LogP contribution in [-0.4, -0.2) is 0 Å². The first-order valence-electron chi connectivity index (χ1n) is 11.5. The highest BCUT2D eigenvalue weighted by atomic mass is 14.0. The average molecular weight is 413 g/mol. The van der Waals surface area contributed by atoms with Crippen molar-refractivity contribution in [2.75, 3.05) is 0 Å². The molecular formula is C32H28. The van der Waals surface area contributed by atoms with E-state index in [9.17, 15) is 0 Å². The highest BCUT2D eigenvalue weighted by Gasteiger charge is 2.00. The third-order valence-corrected chi connectivity index (χ3v) is 6.26. The van der Waals surface area contributed by atoms with Crippen molar-refractivity contribution in [2.45, 2.75) is 25.7 Å². The molecule has 8 bridgehead atoms. The SMILES string of the molecule is C1=C\c2ccc(cc2)CCc2ccc(cc2)/C=C/c2ccc(cc2)CCc2ccc/1cc2. The normalized spacial score (nSPS) is 15.5. The number of hydrogen-bond donors (Lipinski definition) is 0.